The molecule has 0 saturated carbocycles. The number of benzene rings is 1. The maximum Gasteiger partial charge on any atom is 0.178 e. The zero-order valence-electron chi connectivity index (χ0n) is 9.52. The molecule has 2 rings (SSSR count). The van der Waals surface area contributed by atoms with Gasteiger partial charge in [-0.15, -0.1) is 0 Å². The van der Waals surface area contributed by atoms with Crippen molar-refractivity contribution in [3.8, 4) is 5.75 Å². The van der Waals surface area contributed by atoms with Crippen molar-refractivity contribution in [1.82, 2.24) is 0 Å². The number of ketones is 1. The average Bonchev–Trinajstić information content (AvgIpc) is 2.29. The minimum atomic E-state index is -0.165. The molecule has 87 valence electrons. The fourth-order valence-electron chi connectivity index (χ4n) is 1.29. The molecule has 0 aliphatic heterocycles. The summed E-state index contributed by atoms with van der Waals surface area (Å²) >= 11 is 11.5. The van der Waals surface area contributed by atoms with Crippen molar-refractivity contribution in [2.75, 3.05) is 0 Å². The van der Waals surface area contributed by atoms with Crippen LogP contribution in [-0.4, -0.2) is 46.2 Å². The van der Waals surface area contributed by atoms with Gasteiger partial charge in [-0.25, -0.2) is 4.99 Å². The fourth-order valence-corrected chi connectivity index (χ4v) is 1.76. The molecule has 0 atom stereocenters. The van der Waals surface area contributed by atoms with Crippen LogP contribution in [0.1, 0.15) is 0 Å². The van der Waals surface area contributed by atoms with Gasteiger partial charge >= 0.3 is 0 Å². The summed E-state index contributed by atoms with van der Waals surface area (Å²) in [5.74, 6) is -0.243. The van der Waals surface area contributed by atoms with E-state index in [2.05, 4.69) is 4.99 Å². The van der Waals surface area contributed by atoms with Crippen molar-refractivity contribution in [3.63, 3.8) is 0 Å². The number of phenolic OH excluding ortho intramolecular Hbond substituents is 1. The molecule has 1 N–H and O–H groups in total. The summed E-state index contributed by atoms with van der Waals surface area (Å²) in [5.41, 5.74) is 1.12. The Bertz CT molecular complexity index is 538. The predicted octanol–water partition coefficient (Wildman–Crippen LogP) is 3.09. The summed E-state index contributed by atoms with van der Waals surface area (Å²) in [6.45, 7) is 0. The quantitative estimate of drug-likeness (QED) is 0.638. The van der Waals surface area contributed by atoms with Crippen LogP contribution in [0.3, 0.4) is 0 Å². The van der Waals surface area contributed by atoms with Gasteiger partial charge in [-0.1, -0.05) is 23.2 Å². The standard InChI is InChI=1S/C12H7Cl2NO2.Na/c13-10-5-8(6-11(14)12(10)17)15-7-1-3-9(16)4-2-7;/h1-6,17H;. The number of carbonyl (C=O) groups is 1. The maximum absolute atomic E-state index is 10.9. The first-order chi connectivity index (χ1) is 8.06. The smallest absolute Gasteiger partial charge is 0.178 e. The van der Waals surface area contributed by atoms with Crippen LogP contribution in [0.4, 0.5) is 5.69 Å². The number of hydrogen-bond donors (Lipinski definition) is 1. The summed E-state index contributed by atoms with van der Waals surface area (Å²) < 4.78 is 0. The van der Waals surface area contributed by atoms with Gasteiger partial charge in [-0.3, -0.25) is 4.79 Å². The predicted molar refractivity (Wildman–Crippen MR) is 74.3 cm³/mol. The van der Waals surface area contributed by atoms with Gasteiger partial charge in [0.1, 0.15) is 0 Å². The number of aliphatic imine (C=N–C) groups is 1. The van der Waals surface area contributed by atoms with Crippen molar-refractivity contribution in [2.45, 2.75) is 0 Å². The molecule has 1 radical (unpaired) electrons. The number of phenols is 1. The van der Waals surface area contributed by atoms with E-state index in [9.17, 15) is 9.90 Å². The molecule has 0 spiro atoms. The number of halogens is 2. The van der Waals surface area contributed by atoms with E-state index in [4.69, 9.17) is 23.2 Å². The Morgan fingerprint density at radius 2 is 1.50 bits per heavy atom. The molecule has 0 unspecified atom stereocenters. The Morgan fingerprint density at radius 3 is 2.00 bits per heavy atom. The number of nitrogens with zero attached hydrogens (tertiary/aromatic N) is 1. The third-order valence-electron chi connectivity index (χ3n) is 2.10. The van der Waals surface area contributed by atoms with Gasteiger partial charge in [-0.2, -0.15) is 0 Å². The van der Waals surface area contributed by atoms with E-state index in [0.717, 1.165) is 0 Å². The van der Waals surface area contributed by atoms with E-state index in [0.29, 0.717) is 11.4 Å². The third-order valence-corrected chi connectivity index (χ3v) is 2.67. The van der Waals surface area contributed by atoms with Crippen molar-refractivity contribution in [1.29, 1.82) is 0 Å². The Hall–Kier alpha value is -0.580. The van der Waals surface area contributed by atoms with Crippen LogP contribution in [0.15, 0.2) is 41.4 Å². The number of aromatic hydroxyl groups is 1. The first-order valence-electron chi connectivity index (χ1n) is 4.73. The first kappa shape index (κ1) is 15.5. The molecule has 1 aliphatic carbocycles. The molecule has 6 heteroatoms. The number of rotatable bonds is 1. The molecule has 0 heterocycles. The Morgan fingerprint density at radius 1 is 1.00 bits per heavy atom. The SMILES string of the molecule is O=C1C=CC(=Nc2cc(Cl)c(O)c(Cl)c2)C=C1.[Na]. The summed E-state index contributed by atoms with van der Waals surface area (Å²) in [4.78, 5) is 15.1. The van der Waals surface area contributed by atoms with Crippen LogP contribution in [0.2, 0.25) is 10.0 Å². The minimum absolute atomic E-state index is 0. The van der Waals surface area contributed by atoms with Crippen molar-refractivity contribution in [2.24, 2.45) is 4.99 Å². The third kappa shape index (κ3) is 3.70. The molecule has 1 aromatic carbocycles. The largest absolute Gasteiger partial charge is 0.505 e. The zero-order chi connectivity index (χ0) is 12.4. The molecule has 0 saturated heterocycles. The van der Waals surface area contributed by atoms with E-state index in [1.807, 2.05) is 0 Å². The second-order valence-corrected chi connectivity index (χ2v) is 4.18. The van der Waals surface area contributed by atoms with E-state index < -0.39 is 0 Å². The first-order valence-corrected chi connectivity index (χ1v) is 5.48. The normalized spacial score (nSPS) is 13.4. The molecular formula is C12H7Cl2NNaO2. The van der Waals surface area contributed by atoms with Gasteiger partial charge in [0.15, 0.2) is 11.5 Å². The second-order valence-electron chi connectivity index (χ2n) is 3.36. The molecular weight excluding hydrogens is 284 g/mol. The topological polar surface area (TPSA) is 49.7 Å². The summed E-state index contributed by atoms with van der Waals surface area (Å²) in [6, 6.07) is 2.99. The molecule has 18 heavy (non-hydrogen) atoms. The number of hydrogen-bond acceptors (Lipinski definition) is 3. The van der Waals surface area contributed by atoms with E-state index in [-0.39, 0.29) is 51.1 Å². The number of allylic oxidation sites excluding steroid dienone is 4. The summed E-state index contributed by atoms with van der Waals surface area (Å²) in [5, 5.41) is 9.66. The Balaban J connectivity index is 0.00000162. The van der Waals surface area contributed by atoms with Gasteiger partial charge in [0.05, 0.1) is 21.4 Å². The van der Waals surface area contributed by atoms with Crippen LogP contribution in [0.25, 0.3) is 0 Å². The number of carbonyl (C=O) groups excluding carboxylic acids is 1. The van der Waals surface area contributed by atoms with Gasteiger partial charge in [0.25, 0.3) is 0 Å². The Labute approximate surface area is 136 Å². The second kappa shape index (κ2) is 6.55. The van der Waals surface area contributed by atoms with Gasteiger partial charge in [-0.05, 0) is 36.4 Å². The molecule has 0 bridgehead atoms. The van der Waals surface area contributed by atoms with Crippen LogP contribution in [0.5, 0.6) is 5.75 Å². The molecule has 3 nitrogen and oxygen atoms in total. The molecule has 1 aromatic rings. The van der Waals surface area contributed by atoms with Crippen LogP contribution in [0, 0.1) is 0 Å². The molecule has 0 fully saturated rings. The van der Waals surface area contributed by atoms with E-state index in [1.54, 1.807) is 12.2 Å². The van der Waals surface area contributed by atoms with Crippen LogP contribution >= 0.6 is 23.2 Å². The minimum Gasteiger partial charge on any atom is -0.505 e. The van der Waals surface area contributed by atoms with E-state index in [1.165, 1.54) is 24.3 Å². The van der Waals surface area contributed by atoms with Crippen LogP contribution < -0.4 is 0 Å². The van der Waals surface area contributed by atoms with Gasteiger partial charge in [0.2, 0.25) is 0 Å². The van der Waals surface area contributed by atoms with E-state index >= 15 is 0 Å². The monoisotopic (exact) mass is 290 g/mol. The summed E-state index contributed by atoms with van der Waals surface area (Å²) in [7, 11) is 0. The van der Waals surface area contributed by atoms with Crippen molar-refractivity contribution in [3.05, 3.63) is 46.5 Å². The molecule has 1 aliphatic rings. The Kier molecular flexibility index (Phi) is 5.63. The maximum atomic E-state index is 10.9. The average molecular weight is 291 g/mol. The molecule has 0 amide bonds. The fraction of sp³-hybridized carbons (Fsp3) is 0. The van der Waals surface area contributed by atoms with Crippen molar-refractivity contribution < 1.29 is 9.90 Å². The van der Waals surface area contributed by atoms with Gasteiger partial charge in [0, 0.05) is 29.6 Å². The summed E-state index contributed by atoms with van der Waals surface area (Å²) in [6.07, 6.45) is 6.03. The van der Waals surface area contributed by atoms with Gasteiger partial charge < -0.3 is 5.11 Å². The van der Waals surface area contributed by atoms with Crippen LogP contribution in [-0.2, 0) is 4.79 Å². The molecule has 0 aromatic heterocycles. The van der Waals surface area contributed by atoms with Crippen molar-refractivity contribution >= 4 is 69.9 Å². The zero-order valence-corrected chi connectivity index (χ0v) is 13.0.